The topological polar surface area (TPSA) is 81.7 Å². The van der Waals surface area contributed by atoms with E-state index in [4.69, 9.17) is 10.5 Å². The van der Waals surface area contributed by atoms with Gasteiger partial charge in [0.25, 0.3) is 0 Å². The van der Waals surface area contributed by atoms with E-state index in [-0.39, 0.29) is 29.0 Å². The van der Waals surface area contributed by atoms with Crippen LogP contribution in [0.4, 0.5) is 4.39 Å². The third kappa shape index (κ3) is 3.73. The van der Waals surface area contributed by atoms with Crippen molar-refractivity contribution in [3.05, 3.63) is 34.9 Å². The van der Waals surface area contributed by atoms with Gasteiger partial charge in [0, 0.05) is 12.0 Å². The van der Waals surface area contributed by atoms with Crippen LogP contribution in [0, 0.1) is 28.6 Å². The highest BCUT2D eigenvalue weighted by atomic mass is 19.1. The molecule has 0 amide bonds. The molecule has 0 saturated carbocycles. The number of hydrogen-bond donors (Lipinski definition) is 0. The fourth-order valence-electron chi connectivity index (χ4n) is 1.70. The van der Waals surface area contributed by atoms with Crippen LogP contribution in [0.25, 0.3) is 0 Å². The number of carbonyl (C=O) groups excluding carboxylic acids is 2. The zero-order chi connectivity index (χ0) is 15.3. The third-order valence-electron chi connectivity index (χ3n) is 2.60. The van der Waals surface area contributed by atoms with E-state index in [0.29, 0.717) is 0 Å². The van der Waals surface area contributed by atoms with Crippen molar-refractivity contribution in [2.75, 3.05) is 0 Å². The summed E-state index contributed by atoms with van der Waals surface area (Å²) in [5.74, 6) is -1.84. The van der Waals surface area contributed by atoms with Crippen molar-refractivity contribution < 1.29 is 14.0 Å². The number of alkyl halides is 1. The van der Waals surface area contributed by atoms with Crippen LogP contribution >= 0.6 is 0 Å². The first kappa shape index (κ1) is 15.5. The molecular weight excluding hydrogens is 259 g/mol. The lowest BCUT2D eigenvalue weighted by molar-refractivity contribution is -0.122. The Morgan fingerprint density at radius 1 is 1.15 bits per heavy atom. The number of nitrogens with zero attached hydrogens (tertiary/aromatic N) is 2. The second kappa shape index (κ2) is 6.58. The van der Waals surface area contributed by atoms with Crippen LogP contribution in [-0.2, 0) is 4.79 Å². The molecule has 0 fully saturated rings. The molecule has 0 N–H and O–H groups in total. The van der Waals surface area contributed by atoms with Crippen LogP contribution in [0.15, 0.2) is 18.2 Å². The molecule has 1 aromatic carbocycles. The summed E-state index contributed by atoms with van der Waals surface area (Å²) < 4.78 is 13.8. The van der Waals surface area contributed by atoms with E-state index in [1.807, 2.05) is 0 Å². The van der Waals surface area contributed by atoms with E-state index in [0.717, 1.165) is 0 Å². The Morgan fingerprint density at radius 3 is 2.05 bits per heavy atom. The van der Waals surface area contributed by atoms with Crippen LogP contribution < -0.4 is 0 Å². The van der Waals surface area contributed by atoms with Crippen LogP contribution in [0.1, 0.15) is 41.8 Å². The first-order valence-electron chi connectivity index (χ1n) is 6.05. The van der Waals surface area contributed by atoms with Gasteiger partial charge in [0.2, 0.25) is 12.0 Å². The van der Waals surface area contributed by atoms with Gasteiger partial charge in [-0.3, -0.25) is 9.59 Å². The standard InChI is InChI=1S/C15H13FN2O2/c1-9(2)3-13(19)14(16)15(20)12-5-10(7-17)4-11(6-12)8-18/h4-6,9,14H,3H2,1-2H3. The highest BCUT2D eigenvalue weighted by Gasteiger charge is 2.27. The van der Waals surface area contributed by atoms with Crippen LogP contribution in [0.5, 0.6) is 0 Å². The highest BCUT2D eigenvalue weighted by Crippen LogP contribution is 2.15. The number of benzene rings is 1. The molecule has 4 nitrogen and oxygen atoms in total. The first-order valence-corrected chi connectivity index (χ1v) is 6.05. The fraction of sp³-hybridized carbons (Fsp3) is 0.333. The molecular formula is C15H13FN2O2. The molecule has 1 aromatic rings. The highest BCUT2D eigenvalue weighted by molar-refractivity contribution is 6.13. The van der Waals surface area contributed by atoms with E-state index in [1.54, 1.807) is 26.0 Å². The van der Waals surface area contributed by atoms with E-state index in [9.17, 15) is 14.0 Å². The molecule has 20 heavy (non-hydrogen) atoms. The summed E-state index contributed by atoms with van der Waals surface area (Å²) in [7, 11) is 0. The Kier molecular flexibility index (Phi) is 5.11. The summed E-state index contributed by atoms with van der Waals surface area (Å²) in [6.07, 6.45) is -2.28. The molecule has 5 heteroatoms. The Morgan fingerprint density at radius 2 is 1.65 bits per heavy atom. The normalized spacial score (nSPS) is 11.5. The lowest BCUT2D eigenvalue weighted by atomic mass is 9.96. The van der Waals surface area contributed by atoms with Gasteiger partial charge in [-0.05, 0) is 24.1 Å². The van der Waals surface area contributed by atoms with Gasteiger partial charge in [-0.1, -0.05) is 13.8 Å². The van der Waals surface area contributed by atoms with Gasteiger partial charge in [-0.2, -0.15) is 10.5 Å². The number of ketones is 2. The minimum Gasteiger partial charge on any atom is -0.296 e. The van der Waals surface area contributed by atoms with Crippen LogP contribution in [0.2, 0.25) is 0 Å². The number of rotatable bonds is 5. The molecule has 0 aliphatic heterocycles. The molecule has 0 bridgehead atoms. The summed E-state index contributed by atoms with van der Waals surface area (Å²) in [5, 5.41) is 17.6. The van der Waals surface area contributed by atoms with Gasteiger partial charge < -0.3 is 0 Å². The predicted octanol–water partition coefficient (Wildman–Crippen LogP) is 2.57. The van der Waals surface area contributed by atoms with Gasteiger partial charge in [-0.15, -0.1) is 0 Å². The smallest absolute Gasteiger partial charge is 0.220 e. The molecule has 102 valence electrons. The lowest BCUT2D eigenvalue weighted by Gasteiger charge is -2.09. The number of carbonyl (C=O) groups is 2. The van der Waals surface area contributed by atoms with Crippen molar-refractivity contribution >= 4 is 11.6 Å². The summed E-state index contributed by atoms with van der Waals surface area (Å²) >= 11 is 0. The van der Waals surface area contributed by atoms with Gasteiger partial charge in [-0.25, -0.2) is 4.39 Å². The SMILES string of the molecule is CC(C)CC(=O)C(F)C(=O)c1cc(C#N)cc(C#N)c1. The average molecular weight is 272 g/mol. The molecule has 0 heterocycles. The van der Waals surface area contributed by atoms with Crippen LogP contribution in [-0.4, -0.2) is 17.7 Å². The Hall–Kier alpha value is -2.53. The maximum atomic E-state index is 13.8. The minimum absolute atomic E-state index is 0.0318. The van der Waals surface area contributed by atoms with Gasteiger partial charge >= 0.3 is 0 Å². The summed E-state index contributed by atoms with van der Waals surface area (Å²) in [4.78, 5) is 23.4. The summed E-state index contributed by atoms with van der Waals surface area (Å²) in [5.41, 5.74) is 0.0250. The maximum Gasteiger partial charge on any atom is 0.220 e. The van der Waals surface area contributed by atoms with Crippen molar-refractivity contribution in [2.45, 2.75) is 26.4 Å². The van der Waals surface area contributed by atoms with Crippen molar-refractivity contribution in [1.29, 1.82) is 10.5 Å². The quantitative estimate of drug-likeness (QED) is 0.609. The fourth-order valence-corrected chi connectivity index (χ4v) is 1.70. The number of nitriles is 2. The van der Waals surface area contributed by atoms with Gasteiger partial charge in [0.15, 0.2) is 5.78 Å². The third-order valence-corrected chi connectivity index (χ3v) is 2.60. The monoisotopic (exact) mass is 272 g/mol. The first-order chi connectivity index (χ1) is 9.38. The molecule has 0 saturated heterocycles. The van der Waals surface area contributed by atoms with E-state index < -0.39 is 17.7 Å². The molecule has 1 unspecified atom stereocenters. The second-order valence-electron chi connectivity index (χ2n) is 4.81. The predicted molar refractivity (Wildman–Crippen MR) is 69.6 cm³/mol. The van der Waals surface area contributed by atoms with Crippen molar-refractivity contribution in [2.24, 2.45) is 5.92 Å². The van der Waals surface area contributed by atoms with E-state index in [1.165, 1.54) is 18.2 Å². The molecule has 0 aliphatic rings. The van der Waals surface area contributed by atoms with E-state index in [2.05, 4.69) is 0 Å². The molecule has 0 aliphatic carbocycles. The molecule has 0 aromatic heterocycles. The Labute approximate surface area is 116 Å². The number of hydrogen-bond acceptors (Lipinski definition) is 4. The summed E-state index contributed by atoms with van der Waals surface area (Å²) in [6, 6.07) is 7.22. The lowest BCUT2D eigenvalue weighted by Crippen LogP contribution is -2.27. The largest absolute Gasteiger partial charge is 0.296 e. The summed E-state index contributed by atoms with van der Waals surface area (Å²) in [6.45, 7) is 3.50. The Bertz CT molecular complexity index is 591. The Balaban J connectivity index is 3.06. The zero-order valence-electron chi connectivity index (χ0n) is 11.2. The van der Waals surface area contributed by atoms with Crippen molar-refractivity contribution in [3.8, 4) is 12.1 Å². The second-order valence-corrected chi connectivity index (χ2v) is 4.81. The molecule has 0 radical (unpaired) electrons. The van der Waals surface area contributed by atoms with Gasteiger partial charge in [0.1, 0.15) is 0 Å². The minimum atomic E-state index is -2.25. The average Bonchev–Trinajstić information content (AvgIpc) is 2.44. The molecule has 0 spiro atoms. The number of Topliss-reactive ketones (excluding diaryl/α,β-unsaturated/α-hetero) is 2. The zero-order valence-corrected chi connectivity index (χ0v) is 11.2. The van der Waals surface area contributed by atoms with Crippen molar-refractivity contribution in [1.82, 2.24) is 0 Å². The molecule has 1 rings (SSSR count). The number of halogens is 1. The van der Waals surface area contributed by atoms with Gasteiger partial charge in [0.05, 0.1) is 23.3 Å². The maximum absolute atomic E-state index is 13.8. The van der Waals surface area contributed by atoms with E-state index >= 15 is 0 Å². The van der Waals surface area contributed by atoms with Crippen LogP contribution in [0.3, 0.4) is 0 Å². The van der Waals surface area contributed by atoms with Crippen molar-refractivity contribution in [3.63, 3.8) is 0 Å². The molecule has 1 atom stereocenters.